The molecule has 108 heavy (non-hydrogen) atoms. The first-order valence-corrected chi connectivity index (χ1v) is 38.4. The molecule has 13 aromatic carbocycles. The van der Waals surface area contributed by atoms with Crippen LogP contribution in [-0.4, -0.2) is 37.1 Å². The number of hydrogen-bond acceptors (Lipinski definition) is 4. The van der Waals surface area contributed by atoms with Crippen LogP contribution in [0.2, 0.25) is 0 Å². The Kier molecular flexibility index (Phi) is 18.4. The Labute approximate surface area is 638 Å². The smallest absolute Gasteiger partial charge is 0.266 e. The largest absolute Gasteiger partial charge is 0.268 e. The molecule has 8 heteroatoms. The molecule has 13 aromatic rings. The molecule has 0 bridgehead atoms. The Morgan fingerprint density at radius 1 is 0.278 bits per heavy atom. The van der Waals surface area contributed by atoms with Gasteiger partial charge in [-0.3, -0.25) is 19.2 Å². The van der Waals surface area contributed by atoms with E-state index in [4.69, 9.17) is 0 Å². The van der Waals surface area contributed by atoms with E-state index in [1.165, 1.54) is 98.4 Å². The summed E-state index contributed by atoms with van der Waals surface area (Å²) in [6.45, 7) is 43.2. The first-order valence-electron chi connectivity index (χ1n) is 38.4. The molecule has 532 valence electrons. The van der Waals surface area contributed by atoms with Gasteiger partial charge in [-0.05, 0) is 188 Å². The number of carbonyl (C=O) groups excluding carboxylic acids is 4. The summed E-state index contributed by atoms with van der Waals surface area (Å²) >= 11 is 0. The van der Waals surface area contributed by atoms with E-state index in [0.717, 1.165) is 44.3 Å². The van der Waals surface area contributed by atoms with Crippen LogP contribution in [0.4, 0.5) is 11.4 Å². The summed E-state index contributed by atoms with van der Waals surface area (Å²) in [5.74, 6) is 12.9. The van der Waals surface area contributed by atoms with Gasteiger partial charge in [0.2, 0.25) is 13.4 Å². The van der Waals surface area contributed by atoms with Crippen molar-refractivity contribution >= 4 is 124 Å². The number of para-hydroxylation sites is 2. The van der Waals surface area contributed by atoms with E-state index in [9.17, 15) is 0 Å². The lowest BCUT2D eigenvalue weighted by atomic mass is 9.34. The maximum atomic E-state index is 16.3. The minimum absolute atomic E-state index is 0.0190. The van der Waals surface area contributed by atoms with Gasteiger partial charge in [0.1, 0.15) is 0 Å². The summed E-state index contributed by atoms with van der Waals surface area (Å²) in [6, 6.07) is 59.3. The number of rotatable bonds is 12. The zero-order valence-corrected chi connectivity index (χ0v) is 66.2. The van der Waals surface area contributed by atoms with Gasteiger partial charge in [-0.15, -0.1) is 0 Å². The predicted octanol–water partition coefficient (Wildman–Crippen LogP) is 19.4. The lowest BCUT2D eigenvalue weighted by Gasteiger charge is -2.34. The summed E-state index contributed by atoms with van der Waals surface area (Å²) in [4.78, 5) is 67.5. The second-order valence-electron chi connectivity index (χ2n) is 32.5. The third kappa shape index (κ3) is 11.9. The SMILES string of the molecule is Cc1cc(C)c(B(c2ccc(C#Cc3cc4c5c(ccc6c7c(C#Cc8ccc(B(c9c(C)cc(C)cc9C)c9c(C)cc(C)cc9C)cc8)cc8c9c(ccc(c3c56)c97)C(=O)N(c3c(C(C)C)cccc3C(C)C)C8=O)C(=O)N(c3c(C(C)C)cccc3C(C)C)C4=O)cc2)c2c(C)cc(C)cc2C)c(C)c1. The van der Waals surface area contributed by atoms with Crippen LogP contribution in [0.15, 0.2) is 170 Å². The van der Waals surface area contributed by atoms with Gasteiger partial charge in [0, 0.05) is 65.7 Å². The Morgan fingerprint density at radius 3 is 0.796 bits per heavy atom. The molecule has 0 saturated carbocycles. The molecule has 0 N–H and O–H groups in total. The topological polar surface area (TPSA) is 74.8 Å². The minimum Gasteiger partial charge on any atom is -0.268 e. The molecule has 0 fully saturated rings. The van der Waals surface area contributed by atoms with E-state index >= 15 is 19.2 Å². The Hall–Kier alpha value is -11.3. The highest BCUT2D eigenvalue weighted by Crippen LogP contribution is 2.51. The molecule has 0 saturated heterocycles. The Bertz CT molecular complexity index is 5560. The monoisotopic (exact) mass is 1410 g/mol. The van der Waals surface area contributed by atoms with Crippen LogP contribution in [0, 0.1) is 107 Å². The van der Waals surface area contributed by atoms with Crippen LogP contribution in [0.3, 0.4) is 0 Å². The number of imide groups is 2. The van der Waals surface area contributed by atoms with Gasteiger partial charge in [-0.25, -0.2) is 9.80 Å². The van der Waals surface area contributed by atoms with E-state index < -0.39 is 23.6 Å². The van der Waals surface area contributed by atoms with Gasteiger partial charge < -0.3 is 0 Å². The molecule has 2 aliphatic rings. The van der Waals surface area contributed by atoms with Gasteiger partial charge in [-0.2, -0.15) is 0 Å². The molecule has 4 amide bonds. The van der Waals surface area contributed by atoms with Gasteiger partial charge >= 0.3 is 0 Å². The Morgan fingerprint density at radius 2 is 0.537 bits per heavy atom. The van der Waals surface area contributed by atoms with E-state index in [-0.39, 0.29) is 37.1 Å². The first kappa shape index (κ1) is 72.3. The number of fused-ring (bicyclic) bond motifs is 2. The van der Waals surface area contributed by atoms with Crippen molar-refractivity contribution in [3.8, 4) is 23.7 Å². The van der Waals surface area contributed by atoms with Crippen LogP contribution >= 0.6 is 0 Å². The lowest BCUT2D eigenvalue weighted by Crippen LogP contribution is -2.55. The van der Waals surface area contributed by atoms with E-state index in [2.05, 4.69) is 259 Å². The highest BCUT2D eigenvalue weighted by molar-refractivity contribution is 6.97. The number of hydrogen-bond donors (Lipinski definition) is 0. The Balaban J connectivity index is 1.000. The molecule has 0 radical (unpaired) electrons. The lowest BCUT2D eigenvalue weighted by molar-refractivity contribution is 0.0877. The molecule has 0 atom stereocenters. The van der Waals surface area contributed by atoms with Crippen LogP contribution in [0.5, 0.6) is 0 Å². The maximum Gasteiger partial charge on any atom is 0.266 e. The van der Waals surface area contributed by atoms with Crippen molar-refractivity contribution in [1.82, 2.24) is 0 Å². The molecule has 15 rings (SSSR count). The van der Waals surface area contributed by atoms with E-state index in [1.54, 1.807) is 0 Å². The summed E-state index contributed by atoms with van der Waals surface area (Å²) in [7, 11) is 0. The van der Waals surface area contributed by atoms with Crippen molar-refractivity contribution in [1.29, 1.82) is 0 Å². The third-order valence-electron chi connectivity index (χ3n) is 23.2. The molecule has 0 aromatic heterocycles. The summed E-state index contributed by atoms with van der Waals surface area (Å²) < 4.78 is 0. The van der Waals surface area contributed by atoms with E-state index in [1.807, 2.05) is 72.8 Å². The fourth-order valence-corrected chi connectivity index (χ4v) is 18.9. The molecule has 2 heterocycles. The van der Waals surface area contributed by atoms with Crippen molar-refractivity contribution in [2.24, 2.45) is 0 Å². The quantitative estimate of drug-likeness (QED) is 0.0402. The molecule has 0 spiro atoms. The molecule has 6 nitrogen and oxygen atoms in total. The molecular formula is C100H92B2N2O4. The standard InChI is InChI=1S/C100H92B2N2O4/c1-53(2)75-23-21-24-76(54(3)4)95(75)103-97(105)81-41-39-79-86-72(34-28-70-31-37-74(38-32-70)102(93-65(17)47-59(11)48-66(93)18)94-67(19)49-60(12)50-68(94)20)52-84-88-82(98(106)104(100(84)108)96-77(55(5)6)25-22-26-78(96)56(7)8)42-40-80(90(86)88)85-71(51-83(99(103)107)87(81)89(79)85)33-27-69-29-35-73(36-30-69)101(91-61(13)43-57(9)44-62(91)14)92-63(15)45-58(10)46-64(92)16/h21-26,29-32,35-56H,1-20H3. The van der Waals surface area contributed by atoms with Crippen LogP contribution < -0.4 is 42.6 Å². The minimum atomic E-state index is -0.436. The number of nitrogens with zero attached hydrogens (tertiary/aromatic N) is 2. The molecule has 0 unspecified atom stereocenters. The van der Waals surface area contributed by atoms with Crippen LogP contribution in [-0.2, 0) is 0 Å². The normalized spacial score (nSPS) is 12.9. The number of benzene rings is 13. The van der Waals surface area contributed by atoms with Crippen molar-refractivity contribution in [2.45, 2.75) is 162 Å². The van der Waals surface area contributed by atoms with Gasteiger partial charge in [0.25, 0.3) is 23.6 Å². The van der Waals surface area contributed by atoms with Crippen LogP contribution in [0.1, 0.15) is 232 Å². The second kappa shape index (κ2) is 27.5. The zero-order valence-electron chi connectivity index (χ0n) is 66.2. The fraction of sp³-hybridized carbons (Fsp3) is 0.240. The number of aryl methyl sites for hydroxylation is 12. The summed E-state index contributed by atoms with van der Waals surface area (Å²) in [6.07, 6.45) is 0. The molecule has 0 aliphatic carbocycles. The number of amides is 4. The van der Waals surface area contributed by atoms with Crippen LogP contribution in [0.25, 0.3) is 43.1 Å². The number of carbonyl (C=O) groups is 4. The van der Waals surface area contributed by atoms with Crippen molar-refractivity contribution in [2.75, 3.05) is 9.80 Å². The van der Waals surface area contributed by atoms with Crippen molar-refractivity contribution in [3.05, 3.63) is 303 Å². The highest BCUT2D eigenvalue weighted by Gasteiger charge is 2.42. The van der Waals surface area contributed by atoms with Gasteiger partial charge in [-0.1, -0.05) is 300 Å². The summed E-state index contributed by atoms with van der Waals surface area (Å²) in [5, 5.41) is 5.26. The maximum absolute atomic E-state index is 16.3. The van der Waals surface area contributed by atoms with Crippen molar-refractivity contribution < 1.29 is 19.2 Å². The van der Waals surface area contributed by atoms with Crippen molar-refractivity contribution in [3.63, 3.8) is 0 Å². The van der Waals surface area contributed by atoms with Gasteiger partial charge in [0.05, 0.1) is 22.5 Å². The molecule has 2 aliphatic heterocycles. The second-order valence-corrected chi connectivity index (χ2v) is 32.5. The highest BCUT2D eigenvalue weighted by atomic mass is 16.2. The zero-order chi connectivity index (χ0) is 76.6. The summed E-state index contributed by atoms with van der Waals surface area (Å²) in [5.41, 5.74) is 31.3. The average molecular weight is 1410 g/mol. The van der Waals surface area contributed by atoms with Gasteiger partial charge in [0.15, 0.2) is 0 Å². The van der Waals surface area contributed by atoms with E-state index in [0.29, 0.717) is 87.8 Å². The predicted molar refractivity (Wildman–Crippen MR) is 456 cm³/mol. The molecular weight excluding hydrogens is 1310 g/mol. The third-order valence-corrected chi connectivity index (χ3v) is 23.2. The fourth-order valence-electron chi connectivity index (χ4n) is 18.9. The number of anilines is 2. The first-order chi connectivity index (χ1) is 51.5. The average Bonchev–Trinajstić information content (AvgIpc) is 0.677.